The first-order chi connectivity index (χ1) is 13.0. The average molecular weight is 375 g/mol. The van der Waals surface area contributed by atoms with Crippen LogP contribution in [0.4, 0.5) is 13.2 Å². The summed E-state index contributed by atoms with van der Waals surface area (Å²) in [6, 6.07) is 10.2. The van der Waals surface area contributed by atoms with Crippen LogP contribution in [0.25, 0.3) is 0 Å². The molecule has 3 aliphatic rings. The van der Waals surface area contributed by atoms with Crippen LogP contribution < -0.4 is 0 Å². The summed E-state index contributed by atoms with van der Waals surface area (Å²) in [4.78, 5) is 9.06. The lowest BCUT2D eigenvalue weighted by Gasteiger charge is -2.36. The Morgan fingerprint density at radius 2 is 1.81 bits per heavy atom. The number of halogens is 3. The van der Waals surface area contributed by atoms with Crippen molar-refractivity contribution in [1.29, 1.82) is 0 Å². The molecule has 3 fully saturated rings. The van der Waals surface area contributed by atoms with E-state index in [9.17, 15) is 13.2 Å². The Morgan fingerprint density at radius 3 is 2.59 bits per heavy atom. The lowest BCUT2D eigenvalue weighted by atomic mass is 9.94. The lowest BCUT2D eigenvalue weighted by molar-refractivity contribution is -0.137. The van der Waals surface area contributed by atoms with Gasteiger partial charge >= 0.3 is 6.18 Å². The van der Waals surface area contributed by atoms with E-state index in [-0.39, 0.29) is 0 Å². The number of alkyl halides is 3. The van der Waals surface area contributed by atoms with Gasteiger partial charge in [0.05, 0.1) is 5.56 Å². The summed E-state index contributed by atoms with van der Waals surface area (Å²) in [5, 5.41) is 0. The van der Waals surface area contributed by atoms with Crippen LogP contribution in [0.5, 0.6) is 0 Å². The van der Waals surface area contributed by atoms with Gasteiger partial charge in [-0.25, -0.2) is 0 Å². The molecule has 0 saturated carbocycles. The van der Waals surface area contributed by atoms with Gasteiger partial charge in [-0.15, -0.1) is 0 Å². The number of piperidine rings is 1. The molecule has 0 radical (unpaired) electrons. The molecule has 144 valence electrons. The third kappa shape index (κ3) is 4.50. The fourth-order valence-corrected chi connectivity index (χ4v) is 4.43. The molecular weight excluding hydrogens is 351 g/mol. The second kappa shape index (κ2) is 7.60. The standard InChI is InChI=1S/C21H24F3N3/c22-21(23,24)19-5-1-3-16(9-19)13-27-14-18-6-7-20(27)15-26(12-18)11-17-4-2-8-25-10-17/h1-5,8-10,18,20H,6-7,11-15H2/t18-,20+/m0/s1. The number of pyridine rings is 1. The molecule has 6 heteroatoms. The summed E-state index contributed by atoms with van der Waals surface area (Å²) >= 11 is 0. The van der Waals surface area contributed by atoms with Crippen molar-refractivity contribution in [3.05, 3.63) is 65.5 Å². The molecule has 2 bridgehead atoms. The molecule has 1 aromatic heterocycles. The molecule has 0 spiro atoms. The van der Waals surface area contributed by atoms with Gasteiger partial charge in [0.1, 0.15) is 0 Å². The van der Waals surface area contributed by atoms with Crippen molar-refractivity contribution in [3.63, 3.8) is 0 Å². The SMILES string of the molecule is FC(F)(F)c1cccc(CN2C[C@H]3CC[C@@H]2CN(Cc2cccnc2)C3)c1. The maximum Gasteiger partial charge on any atom is 0.416 e. The first-order valence-corrected chi connectivity index (χ1v) is 9.49. The van der Waals surface area contributed by atoms with Crippen LogP contribution in [-0.2, 0) is 19.3 Å². The third-order valence-electron chi connectivity index (χ3n) is 5.67. The molecule has 0 aliphatic carbocycles. The Morgan fingerprint density at radius 1 is 0.963 bits per heavy atom. The van der Waals surface area contributed by atoms with Gasteiger partial charge in [-0.1, -0.05) is 24.3 Å². The molecule has 0 amide bonds. The van der Waals surface area contributed by atoms with E-state index in [0.717, 1.165) is 44.2 Å². The molecule has 5 rings (SSSR count). The summed E-state index contributed by atoms with van der Waals surface area (Å²) in [5.74, 6) is 0.575. The highest BCUT2D eigenvalue weighted by Gasteiger charge is 2.35. The van der Waals surface area contributed by atoms with Crippen LogP contribution in [0.2, 0.25) is 0 Å². The number of hydrogen-bond acceptors (Lipinski definition) is 3. The van der Waals surface area contributed by atoms with E-state index in [1.165, 1.54) is 24.1 Å². The largest absolute Gasteiger partial charge is 0.416 e. The van der Waals surface area contributed by atoms with E-state index in [4.69, 9.17) is 0 Å². The molecule has 3 nitrogen and oxygen atoms in total. The average Bonchev–Trinajstić information content (AvgIpc) is 2.93. The van der Waals surface area contributed by atoms with E-state index in [2.05, 4.69) is 20.9 Å². The Balaban J connectivity index is 1.45. The molecule has 2 atom stereocenters. The summed E-state index contributed by atoms with van der Waals surface area (Å²) in [6.07, 6.45) is 1.73. The number of fused-ring (bicyclic) bond motifs is 4. The predicted molar refractivity (Wildman–Crippen MR) is 97.9 cm³/mol. The molecule has 0 unspecified atom stereocenters. The van der Waals surface area contributed by atoms with Gasteiger partial charge in [-0.3, -0.25) is 14.8 Å². The zero-order valence-electron chi connectivity index (χ0n) is 15.2. The fraction of sp³-hybridized carbons (Fsp3) is 0.476. The molecule has 2 aromatic rings. The van der Waals surface area contributed by atoms with Gasteiger partial charge in [-0.2, -0.15) is 13.2 Å². The second-order valence-electron chi connectivity index (χ2n) is 7.78. The van der Waals surface area contributed by atoms with E-state index in [1.54, 1.807) is 12.3 Å². The van der Waals surface area contributed by atoms with Gasteiger partial charge in [0.25, 0.3) is 0 Å². The van der Waals surface area contributed by atoms with E-state index >= 15 is 0 Å². The van der Waals surface area contributed by atoms with Crippen LogP contribution in [0.15, 0.2) is 48.8 Å². The number of nitrogens with zero attached hydrogens (tertiary/aromatic N) is 3. The zero-order valence-corrected chi connectivity index (χ0v) is 15.2. The minimum Gasteiger partial charge on any atom is -0.297 e. The van der Waals surface area contributed by atoms with Crippen LogP contribution in [0.3, 0.4) is 0 Å². The summed E-state index contributed by atoms with van der Waals surface area (Å²) in [5.41, 5.74) is 1.40. The molecule has 3 saturated heterocycles. The van der Waals surface area contributed by atoms with Crippen molar-refractivity contribution in [1.82, 2.24) is 14.8 Å². The topological polar surface area (TPSA) is 19.4 Å². The lowest BCUT2D eigenvalue weighted by Crippen LogP contribution is -2.43. The zero-order chi connectivity index (χ0) is 18.9. The summed E-state index contributed by atoms with van der Waals surface area (Å²) < 4.78 is 39.0. The van der Waals surface area contributed by atoms with E-state index in [1.807, 2.05) is 12.3 Å². The first kappa shape index (κ1) is 18.4. The monoisotopic (exact) mass is 375 g/mol. The Labute approximate surface area is 157 Å². The smallest absolute Gasteiger partial charge is 0.297 e. The quantitative estimate of drug-likeness (QED) is 0.799. The van der Waals surface area contributed by atoms with Gasteiger partial charge in [0, 0.05) is 51.2 Å². The van der Waals surface area contributed by atoms with Crippen molar-refractivity contribution < 1.29 is 13.2 Å². The highest BCUT2D eigenvalue weighted by atomic mass is 19.4. The van der Waals surface area contributed by atoms with Crippen molar-refractivity contribution in [3.8, 4) is 0 Å². The molecule has 27 heavy (non-hydrogen) atoms. The van der Waals surface area contributed by atoms with Crippen LogP contribution in [-0.4, -0.2) is 40.5 Å². The number of aromatic nitrogens is 1. The Hall–Kier alpha value is -1.92. The van der Waals surface area contributed by atoms with Crippen molar-refractivity contribution >= 4 is 0 Å². The molecule has 0 N–H and O–H groups in total. The van der Waals surface area contributed by atoms with Crippen LogP contribution >= 0.6 is 0 Å². The highest BCUT2D eigenvalue weighted by molar-refractivity contribution is 5.25. The summed E-state index contributed by atoms with van der Waals surface area (Å²) in [7, 11) is 0. The van der Waals surface area contributed by atoms with E-state index in [0.29, 0.717) is 18.5 Å². The van der Waals surface area contributed by atoms with Gasteiger partial charge in [0.2, 0.25) is 0 Å². The van der Waals surface area contributed by atoms with Crippen LogP contribution in [0.1, 0.15) is 29.5 Å². The number of rotatable bonds is 4. The van der Waals surface area contributed by atoms with Gasteiger partial charge in [-0.05, 0) is 42.0 Å². The normalized spacial score (nSPS) is 24.1. The van der Waals surface area contributed by atoms with Gasteiger partial charge < -0.3 is 0 Å². The second-order valence-corrected chi connectivity index (χ2v) is 7.78. The molecule has 1 aromatic carbocycles. The third-order valence-corrected chi connectivity index (χ3v) is 5.67. The Bertz CT molecular complexity index is 763. The number of hydrogen-bond donors (Lipinski definition) is 0. The molecule has 3 aliphatic heterocycles. The predicted octanol–water partition coefficient (Wildman–Crippen LogP) is 4.20. The first-order valence-electron chi connectivity index (χ1n) is 9.49. The van der Waals surface area contributed by atoms with Crippen molar-refractivity contribution in [2.45, 2.75) is 38.1 Å². The minimum atomic E-state index is -4.28. The van der Waals surface area contributed by atoms with Crippen molar-refractivity contribution in [2.75, 3.05) is 19.6 Å². The summed E-state index contributed by atoms with van der Waals surface area (Å²) in [6.45, 7) is 4.45. The maximum absolute atomic E-state index is 13.0. The maximum atomic E-state index is 13.0. The fourth-order valence-electron chi connectivity index (χ4n) is 4.43. The Kier molecular flexibility index (Phi) is 5.19. The molecule has 4 heterocycles. The minimum absolute atomic E-state index is 0.398. The van der Waals surface area contributed by atoms with E-state index < -0.39 is 11.7 Å². The highest BCUT2D eigenvalue weighted by Crippen LogP contribution is 2.32. The van der Waals surface area contributed by atoms with Gasteiger partial charge in [0.15, 0.2) is 0 Å². The molecular formula is C21H24F3N3. The van der Waals surface area contributed by atoms with Crippen molar-refractivity contribution in [2.24, 2.45) is 5.92 Å². The van der Waals surface area contributed by atoms with Crippen LogP contribution in [0, 0.1) is 5.92 Å². The number of benzene rings is 1.